The monoisotopic (exact) mass is 402 g/mol. The number of anilines is 2. The molecule has 0 aliphatic heterocycles. The summed E-state index contributed by atoms with van der Waals surface area (Å²) >= 11 is 6.09. The van der Waals surface area contributed by atoms with Crippen molar-refractivity contribution in [2.75, 3.05) is 5.32 Å². The summed E-state index contributed by atoms with van der Waals surface area (Å²) in [6, 6.07) is 5.87. The van der Waals surface area contributed by atoms with Crippen molar-refractivity contribution in [2.45, 2.75) is 13.5 Å². The quantitative estimate of drug-likeness (QED) is 0.541. The highest BCUT2D eigenvalue weighted by molar-refractivity contribution is 6.32. The van der Waals surface area contributed by atoms with Gasteiger partial charge in [0.1, 0.15) is 35.3 Å². The minimum absolute atomic E-state index is 0.00571. The fourth-order valence-electron chi connectivity index (χ4n) is 2.78. The summed E-state index contributed by atoms with van der Waals surface area (Å²) < 4.78 is 29.7. The molecule has 3 aromatic heterocycles. The summed E-state index contributed by atoms with van der Waals surface area (Å²) in [5, 5.41) is 16.8. The van der Waals surface area contributed by atoms with E-state index in [0.717, 1.165) is 6.20 Å². The SMILES string of the molecule is Cc1cc(Nc2ncc(F)c3nn(-c4c(F)cccc4Cl)cc23)nc(CO)n1. The molecule has 0 aliphatic carbocycles. The number of pyridine rings is 1. The van der Waals surface area contributed by atoms with Gasteiger partial charge >= 0.3 is 0 Å². The first kappa shape index (κ1) is 18.2. The van der Waals surface area contributed by atoms with Gasteiger partial charge in [0.2, 0.25) is 0 Å². The molecule has 7 nitrogen and oxygen atoms in total. The molecule has 0 saturated carbocycles. The number of nitrogens with one attached hydrogen (secondary N) is 1. The number of aromatic nitrogens is 5. The normalized spacial score (nSPS) is 11.2. The van der Waals surface area contributed by atoms with E-state index in [1.165, 1.54) is 29.1 Å². The zero-order valence-corrected chi connectivity index (χ0v) is 15.2. The number of halogens is 3. The molecule has 10 heteroatoms. The molecule has 0 atom stereocenters. The van der Waals surface area contributed by atoms with E-state index in [1.54, 1.807) is 13.0 Å². The summed E-state index contributed by atoms with van der Waals surface area (Å²) in [7, 11) is 0. The third-order valence-corrected chi connectivity index (χ3v) is 4.26. The summed E-state index contributed by atoms with van der Waals surface area (Å²) in [4.78, 5) is 12.3. The average molecular weight is 403 g/mol. The molecular weight excluding hydrogens is 390 g/mol. The van der Waals surface area contributed by atoms with Crippen LogP contribution in [0.2, 0.25) is 5.02 Å². The molecule has 0 aliphatic rings. The summed E-state index contributed by atoms with van der Waals surface area (Å²) in [5.41, 5.74) is 0.630. The summed E-state index contributed by atoms with van der Waals surface area (Å²) in [5.74, 6) is -0.399. The molecule has 0 saturated heterocycles. The lowest BCUT2D eigenvalue weighted by Crippen LogP contribution is -2.03. The van der Waals surface area contributed by atoms with E-state index in [1.807, 2.05) is 0 Å². The van der Waals surface area contributed by atoms with Gasteiger partial charge in [-0.05, 0) is 19.1 Å². The molecule has 0 fully saturated rings. The van der Waals surface area contributed by atoms with Gasteiger partial charge in [-0.15, -0.1) is 0 Å². The second kappa shape index (κ2) is 7.10. The second-order valence-electron chi connectivity index (χ2n) is 5.95. The van der Waals surface area contributed by atoms with Crippen LogP contribution in [0.25, 0.3) is 16.6 Å². The first-order valence-electron chi connectivity index (χ1n) is 8.17. The molecule has 1 aromatic carbocycles. The topological polar surface area (TPSA) is 88.8 Å². The fraction of sp³-hybridized carbons (Fsp3) is 0.111. The molecule has 0 bridgehead atoms. The van der Waals surface area contributed by atoms with Crippen LogP contribution < -0.4 is 5.32 Å². The van der Waals surface area contributed by atoms with Crippen LogP contribution in [0.5, 0.6) is 0 Å². The summed E-state index contributed by atoms with van der Waals surface area (Å²) in [6.07, 6.45) is 2.44. The molecule has 2 N–H and O–H groups in total. The van der Waals surface area contributed by atoms with Gasteiger partial charge in [0.05, 0.1) is 16.6 Å². The van der Waals surface area contributed by atoms with Gasteiger partial charge in [-0.3, -0.25) is 0 Å². The Kier molecular flexibility index (Phi) is 4.62. The zero-order chi connectivity index (χ0) is 19.8. The van der Waals surface area contributed by atoms with Crippen molar-refractivity contribution in [3.63, 3.8) is 0 Å². The molecule has 4 aromatic rings. The molecule has 0 radical (unpaired) electrons. The largest absolute Gasteiger partial charge is 0.388 e. The lowest BCUT2D eigenvalue weighted by molar-refractivity contribution is 0.271. The molecule has 0 spiro atoms. The number of aryl methyl sites for hydroxylation is 1. The van der Waals surface area contributed by atoms with Gasteiger partial charge < -0.3 is 10.4 Å². The Balaban J connectivity index is 1.84. The molecular formula is C18H13ClF2N6O. The number of fused-ring (bicyclic) bond motifs is 1. The molecule has 4 rings (SSSR count). The van der Waals surface area contributed by atoms with Crippen molar-refractivity contribution in [1.29, 1.82) is 0 Å². The van der Waals surface area contributed by atoms with Crippen molar-refractivity contribution in [2.24, 2.45) is 0 Å². The standard InChI is InChI=1S/C18H13ClF2N6O/c1-9-5-14(24-15(8-28)23-9)25-18-10-7-27(26-16(10)13(21)6-22-18)17-11(19)3-2-4-12(17)20/h2-7,28H,8H2,1H3,(H,22,23,24,25). The Morgan fingerprint density at radius 1 is 1.21 bits per heavy atom. The Morgan fingerprint density at radius 2 is 2.04 bits per heavy atom. The predicted octanol–water partition coefficient (Wildman–Crippen LogP) is 3.69. The minimum atomic E-state index is -0.665. The van der Waals surface area contributed by atoms with Gasteiger partial charge in [0.15, 0.2) is 11.6 Å². The van der Waals surface area contributed by atoms with Crippen LogP contribution in [0.4, 0.5) is 20.4 Å². The van der Waals surface area contributed by atoms with Crippen molar-refractivity contribution < 1.29 is 13.9 Å². The van der Waals surface area contributed by atoms with E-state index in [4.69, 9.17) is 11.6 Å². The maximum atomic E-state index is 14.3. The Labute approximate surface area is 162 Å². The van der Waals surface area contributed by atoms with E-state index in [-0.39, 0.29) is 34.5 Å². The van der Waals surface area contributed by atoms with Crippen LogP contribution in [-0.2, 0) is 6.61 Å². The van der Waals surface area contributed by atoms with Crippen molar-refractivity contribution in [3.8, 4) is 5.69 Å². The van der Waals surface area contributed by atoms with Crippen LogP contribution in [0, 0.1) is 18.6 Å². The van der Waals surface area contributed by atoms with E-state index in [0.29, 0.717) is 16.9 Å². The average Bonchev–Trinajstić information content (AvgIpc) is 3.09. The zero-order valence-electron chi connectivity index (χ0n) is 14.5. The third-order valence-electron chi connectivity index (χ3n) is 3.96. The lowest BCUT2D eigenvalue weighted by atomic mass is 10.3. The Morgan fingerprint density at radius 3 is 2.79 bits per heavy atom. The number of benzene rings is 1. The Hall–Kier alpha value is -3.17. The smallest absolute Gasteiger partial charge is 0.169 e. The van der Waals surface area contributed by atoms with E-state index >= 15 is 0 Å². The number of hydrogen-bond donors (Lipinski definition) is 2. The third kappa shape index (κ3) is 3.25. The molecule has 0 amide bonds. The fourth-order valence-corrected chi connectivity index (χ4v) is 3.03. The number of aliphatic hydroxyl groups is 1. The minimum Gasteiger partial charge on any atom is -0.388 e. The maximum Gasteiger partial charge on any atom is 0.169 e. The number of aliphatic hydroxyl groups excluding tert-OH is 1. The van der Waals surface area contributed by atoms with Crippen LogP contribution in [0.15, 0.2) is 36.7 Å². The maximum absolute atomic E-state index is 14.3. The van der Waals surface area contributed by atoms with Crippen molar-refractivity contribution in [3.05, 3.63) is 64.8 Å². The second-order valence-corrected chi connectivity index (χ2v) is 6.36. The first-order valence-corrected chi connectivity index (χ1v) is 8.55. The number of hydrogen-bond acceptors (Lipinski definition) is 6. The number of rotatable bonds is 4. The van der Waals surface area contributed by atoms with Crippen LogP contribution in [-0.4, -0.2) is 29.8 Å². The van der Waals surface area contributed by atoms with Crippen molar-refractivity contribution in [1.82, 2.24) is 24.7 Å². The predicted molar refractivity (Wildman–Crippen MR) is 99.8 cm³/mol. The summed E-state index contributed by atoms with van der Waals surface area (Å²) in [6.45, 7) is 1.42. The highest BCUT2D eigenvalue weighted by Gasteiger charge is 2.17. The van der Waals surface area contributed by atoms with E-state index in [9.17, 15) is 13.9 Å². The van der Waals surface area contributed by atoms with Gasteiger partial charge in [0, 0.05) is 18.0 Å². The number of nitrogens with zero attached hydrogens (tertiary/aromatic N) is 5. The molecule has 142 valence electrons. The molecule has 3 heterocycles. The van der Waals surface area contributed by atoms with Crippen LogP contribution in [0.3, 0.4) is 0 Å². The van der Waals surface area contributed by atoms with Gasteiger partial charge in [-0.2, -0.15) is 5.10 Å². The van der Waals surface area contributed by atoms with Crippen LogP contribution >= 0.6 is 11.6 Å². The lowest BCUT2D eigenvalue weighted by Gasteiger charge is -2.08. The van der Waals surface area contributed by atoms with Gasteiger partial charge in [-0.25, -0.2) is 28.4 Å². The molecule has 0 unspecified atom stereocenters. The van der Waals surface area contributed by atoms with Crippen molar-refractivity contribution >= 4 is 34.1 Å². The van der Waals surface area contributed by atoms with E-state index < -0.39 is 11.6 Å². The number of para-hydroxylation sites is 1. The van der Waals surface area contributed by atoms with Gasteiger partial charge in [0.25, 0.3) is 0 Å². The van der Waals surface area contributed by atoms with E-state index in [2.05, 4.69) is 25.4 Å². The van der Waals surface area contributed by atoms with Gasteiger partial charge in [-0.1, -0.05) is 17.7 Å². The Bertz CT molecular complexity index is 1180. The highest BCUT2D eigenvalue weighted by Crippen LogP contribution is 2.29. The molecule has 28 heavy (non-hydrogen) atoms. The first-order chi connectivity index (χ1) is 13.5. The highest BCUT2D eigenvalue weighted by atomic mass is 35.5. The van der Waals surface area contributed by atoms with Crippen LogP contribution in [0.1, 0.15) is 11.5 Å².